The highest BCUT2D eigenvalue weighted by Crippen LogP contribution is 2.39. The number of nitrogens with one attached hydrogen (secondary N) is 4. The molecule has 386 valence electrons. The summed E-state index contributed by atoms with van der Waals surface area (Å²) < 4.78 is 27.7. The standard InChI is InChI=1S/C38H54N6O25/c1-14(47)40-26-18(51)9-37(34(60)61,65-20(26)11-39-43-23(53)6-7-44-24(54)4-5-25(44)55)66-22(13-46)30(57)32-28(42-16(3)49)19(52)10-38(69-32,35(62)63)67-21(12-45)29(56)31-27(41-15(2)48)17(50)8-36(64,68-31)33(58)59/h4-5,11,17-22,26-32,45-46,50-52,56-57,64H,6-10,12-13H2,1-3H3,(H,40,47)(H,41,48)(H,42,49)(H,43,53)(H,58,59)(H,60,61)(H,62,63)/b39-11+. The van der Waals surface area contributed by atoms with E-state index in [4.69, 9.17) is 23.7 Å². The third-order valence-corrected chi connectivity index (χ3v) is 11.2. The molecule has 4 aliphatic heterocycles. The van der Waals surface area contributed by atoms with Gasteiger partial charge in [0.2, 0.25) is 23.6 Å². The molecule has 31 nitrogen and oxygen atoms in total. The zero-order chi connectivity index (χ0) is 51.9. The number of amides is 6. The van der Waals surface area contributed by atoms with Crippen molar-refractivity contribution in [3.63, 3.8) is 0 Å². The van der Waals surface area contributed by atoms with Crippen LogP contribution in [0.5, 0.6) is 0 Å². The molecule has 16 atom stereocenters. The Morgan fingerprint density at radius 3 is 1.57 bits per heavy atom. The number of rotatable bonds is 21. The Kier molecular flexibility index (Phi) is 18.5. The van der Waals surface area contributed by atoms with E-state index in [1.54, 1.807) is 0 Å². The fourth-order valence-electron chi connectivity index (χ4n) is 7.94. The van der Waals surface area contributed by atoms with Gasteiger partial charge in [-0.3, -0.25) is 33.7 Å². The van der Waals surface area contributed by atoms with Gasteiger partial charge in [-0.25, -0.2) is 19.8 Å². The number of aliphatic carboxylic acids is 3. The lowest BCUT2D eigenvalue weighted by Crippen LogP contribution is -2.71. The number of carboxylic acids is 3. The van der Waals surface area contributed by atoms with Crippen molar-refractivity contribution in [1.82, 2.24) is 26.3 Å². The summed E-state index contributed by atoms with van der Waals surface area (Å²) in [5, 5.41) is 129. The number of ether oxygens (including phenoxy) is 5. The Bertz CT molecular complexity index is 2020. The number of carbonyl (C=O) groups is 9. The van der Waals surface area contributed by atoms with Crippen LogP contribution in [0.4, 0.5) is 0 Å². The normalized spacial score (nSPS) is 34.3. The van der Waals surface area contributed by atoms with Gasteiger partial charge in [-0.2, -0.15) is 5.10 Å². The quantitative estimate of drug-likeness (QED) is 0.0288. The van der Waals surface area contributed by atoms with Crippen LogP contribution in [0.15, 0.2) is 17.3 Å². The van der Waals surface area contributed by atoms with Gasteiger partial charge in [0.1, 0.15) is 42.7 Å². The van der Waals surface area contributed by atoms with Crippen LogP contribution in [0.1, 0.15) is 46.5 Å². The summed E-state index contributed by atoms with van der Waals surface area (Å²) in [7, 11) is 0. The van der Waals surface area contributed by atoms with E-state index in [2.05, 4.69) is 21.1 Å². The zero-order valence-electron chi connectivity index (χ0n) is 36.7. The van der Waals surface area contributed by atoms with Gasteiger partial charge in [0, 0.05) is 65.2 Å². The number of nitrogens with zero attached hydrogens (tertiary/aromatic N) is 2. The number of imide groups is 1. The van der Waals surface area contributed by atoms with Crippen molar-refractivity contribution < 1.29 is 123 Å². The van der Waals surface area contributed by atoms with Gasteiger partial charge in [-0.05, 0) is 0 Å². The Labute approximate surface area is 388 Å². The maximum absolute atomic E-state index is 13.1. The molecule has 0 aromatic heterocycles. The van der Waals surface area contributed by atoms with Crippen LogP contribution in [0.3, 0.4) is 0 Å². The van der Waals surface area contributed by atoms with Crippen LogP contribution in [0.2, 0.25) is 0 Å². The minimum absolute atomic E-state index is 0.366. The zero-order valence-corrected chi connectivity index (χ0v) is 36.7. The average molecular weight is 995 g/mol. The molecule has 69 heavy (non-hydrogen) atoms. The molecule has 4 heterocycles. The van der Waals surface area contributed by atoms with E-state index in [1.165, 1.54) is 0 Å². The summed E-state index contributed by atoms with van der Waals surface area (Å²) in [6.07, 6.45) is -23.6. The molecule has 0 aromatic carbocycles. The fraction of sp³-hybridized carbons (Fsp3) is 0.684. The Morgan fingerprint density at radius 2 is 1.13 bits per heavy atom. The summed E-state index contributed by atoms with van der Waals surface area (Å²) in [5.74, 6) is -21.0. The summed E-state index contributed by atoms with van der Waals surface area (Å²) in [5.41, 5.74) is 2.03. The van der Waals surface area contributed by atoms with E-state index in [1.807, 2.05) is 5.43 Å². The number of hydrogen-bond acceptors (Lipinski definition) is 23. The van der Waals surface area contributed by atoms with Crippen molar-refractivity contribution in [2.45, 2.75) is 143 Å². The lowest BCUT2D eigenvalue weighted by atomic mass is 9.87. The van der Waals surface area contributed by atoms with E-state index < -0.39 is 189 Å². The largest absolute Gasteiger partial charge is 0.477 e. The number of carbonyl (C=O) groups excluding carboxylic acids is 6. The summed E-state index contributed by atoms with van der Waals surface area (Å²) in [4.78, 5) is 111. The third kappa shape index (κ3) is 13.0. The Balaban J connectivity index is 1.67. The molecule has 6 amide bonds. The molecule has 4 rings (SSSR count). The van der Waals surface area contributed by atoms with Crippen LogP contribution >= 0.6 is 0 Å². The van der Waals surface area contributed by atoms with Crippen LogP contribution < -0.4 is 21.4 Å². The molecule has 31 heteroatoms. The van der Waals surface area contributed by atoms with Gasteiger partial charge in [0.25, 0.3) is 29.2 Å². The number of aliphatic hydroxyl groups is 8. The summed E-state index contributed by atoms with van der Waals surface area (Å²) in [6, 6.07) is -5.21. The molecule has 0 aromatic rings. The summed E-state index contributed by atoms with van der Waals surface area (Å²) >= 11 is 0. The highest BCUT2D eigenvalue weighted by Gasteiger charge is 2.61. The maximum atomic E-state index is 13.1. The topological polar surface area (TPSA) is 486 Å². The predicted octanol–water partition coefficient (Wildman–Crippen LogP) is -8.82. The third-order valence-electron chi connectivity index (χ3n) is 11.2. The fourth-order valence-corrected chi connectivity index (χ4v) is 7.94. The highest BCUT2D eigenvalue weighted by atomic mass is 16.8. The van der Waals surface area contributed by atoms with E-state index in [-0.39, 0.29) is 6.54 Å². The van der Waals surface area contributed by atoms with Gasteiger partial charge < -0.3 is 95.8 Å². The molecular weight excluding hydrogens is 940 g/mol. The molecule has 0 bridgehead atoms. The average Bonchev–Trinajstić information content (AvgIpc) is 3.58. The van der Waals surface area contributed by atoms with E-state index in [0.29, 0.717) is 6.21 Å². The molecule has 3 saturated heterocycles. The van der Waals surface area contributed by atoms with E-state index in [0.717, 1.165) is 37.8 Å². The lowest BCUT2D eigenvalue weighted by molar-refractivity contribution is -0.351. The van der Waals surface area contributed by atoms with Crippen molar-refractivity contribution in [2.75, 3.05) is 19.8 Å². The number of carboxylic acid groups (broad SMARTS) is 3. The van der Waals surface area contributed by atoms with Crippen LogP contribution in [0.25, 0.3) is 0 Å². The second kappa shape index (κ2) is 22.8. The summed E-state index contributed by atoms with van der Waals surface area (Å²) in [6.45, 7) is -0.368. The number of hydrazone groups is 1. The molecule has 0 saturated carbocycles. The van der Waals surface area contributed by atoms with E-state index >= 15 is 0 Å². The first kappa shape index (κ1) is 55.9. The molecular formula is C38H54N6O25. The minimum atomic E-state index is -3.36. The van der Waals surface area contributed by atoms with Gasteiger partial charge in [-0.15, -0.1) is 0 Å². The van der Waals surface area contributed by atoms with Crippen molar-refractivity contribution >= 4 is 59.6 Å². The molecule has 16 unspecified atom stereocenters. The highest BCUT2D eigenvalue weighted by molar-refractivity contribution is 6.13. The van der Waals surface area contributed by atoms with Gasteiger partial charge in [-0.1, -0.05) is 0 Å². The van der Waals surface area contributed by atoms with Crippen molar-refractivity contribution in [1.29, 1.82) is 0 Å². The maximum Gasteiger partial charge on any atom is 0.364 e. The van der Waals surface area contributed by atoms with Gasteiger partial charge in [0.15, 0.2) is 0 Å². The van der Waals surface area contributed by atoms with Crippen LogP contribution in [0, 0.1) is 0 Å². The first-order valence-corrected chi connectivity index (χ1v) is 20.7. The monoisotopic (exact) mass is 994 g/mol. The van der Waals surface area contributed by atoms with Crippen LogP contribution in [-0.2, 0) is 66.8 Å². The second-order valence-electron chi connectivity index (χ2n) is 16.3. The second-order valence-corrected chi connectivity index (χ2v) is 16.3. The molecule has 0 spiro atoms. The van der Waals surface area contributed by atoms with Crippen molar-refractivity contribution in [2.24, 2.45) is 5.10 Å². The van der Waals surface area contributed by atoms with Crippen LogP contribution in [-0.4, -0.2) is 237 Å². The smallest absolute Gasteiger partial charge is 0.364 e. The minimum Gasteiger partial charge on any atom is -0.477 e. The number of aliphatic hydroxyl groups excluding tert-OH is 7. The molecule has 4 aliphatic rings. The van der Waals surface area contributed by atoms with E-state index in [9.17, 15) is 99.3 Å². The molecule has 0 aliphatic carbocycles. The first-order chi connectivity index (χ1) is 32.1. The molecule has 0 radical (unpaired) electrons. The first-order valence-electron chi connectivity index (χ1n) is 20.7. The van der Waals surface area contributed by atoms with Gasteiger partial charge in [0.05, 0.1) is 55.9 Å². The molecule has 15 N–H and O–H groups in total. The Hall–Kier alpha value is -5.68. The van der Waals surface area contributed by atoms with Gasteiger partial charge >= 0.3 is 17.9 Å². The number of hydrogen-bond donors (Lipinski definition) is 15. The van der Waals surface area contributed by atoms with Crippen molar-refractivity contribution in [3.8, 4) is 0 Å². The Morgan fingerprint density at radius 1 is 0.710 bits per heavy atom. The SMILES string of the molecule is CC(=O)NC1C(O)CC(OC(CO)C(O)C2OC(OC(CO)C(O)C3OC(O)(C(=O)O)CC(O)C3NC(C)=O)(C(=O)O)CC(O)C2NC(C)=O)(C(=O)O)OC1/C=N/NC(=O)CCN1C(=O)C=CC1=O. The predicted molar refractivity (Wildman–Crippen MR) is 216 cm³/mol. The molecule has 3 fully saturated rings. The van der Waals surface area contributed by atoms with Crippen molar-refractivity contribution in [3.05, 3.63) is 12.2 Å². The lowest BCUT2D eigenvalue weighted by Gasteiger charge is -2.50.